The van der Waals surface area contributed by atoms with E-state index in [0.29, 0.717) is 6.54 Å². The SMILES string of the molecule is CCN(CC(=O)c1sc(-c2cccc(C)c2C)nc1C)Cc1ccc(OC)cc1. The normalized spacial score (nSPS) is 11.1. The number of methoxy groups -OCH3 is 1. The van der Waals surface area contributed by atoms with Crippen LogP contribution in [0.2, 0.25) is 0 Å². The summed E-state index contributed by atoms with van der Waals surface area (Å²) < 4.78 is 5.22. The van der Waals surface area contributed by atoms with Crippen molar-refractivity contribution in [2.24, 2.45) is 0 Å². The lowest BCUT2D eigenvalue weighted by Crippen LogP contribution is -2.29. The molecule has 0 saturated heterocycles. The van der Waals surface area contributed by atoms with Gasteiger partial charge in [-0.1, -0.05) is 37.3 Å². The van der Waals surface area contributed by atoms with Gasteiger partial charge >= 0.3 is 0 Å². The summed E-state index contributed by atoms with van der Waals surface area (Å²) in [4.78, 5) is 20.6. The number of ether oxygens (including phenoxy) is 1. The minimum atomic E-state index is 0.131. The molecule has 0 aliphatic carbocycles. The van der Waals surface area contributed by atoms with Gasteiger partial charge in [0.1, 0.15) is 10.8 Å². The van der Waals surface area contributed by atoms with Crippen LogP contribution in [0, 0.1) is 20.8 Å². The fourth-order valence-corrected chi connectivity index (χ4v) is 4.38. The molecule has 29 heavy (non-hydrogen) atoms. The van der Waals surface area contributed by atoms with E-state index < -0.39 is 0 Å². The number of carbonyl (C=O) groups excluding carboxylic acids is 1. The molecule has 152 valence electrons. The Bertz CT molecular complexity index is 993. The van der Waals surface area contributed by atoms with E-state index in [9.17, 15) is 4.79 Å². The number of nitrogens with zero attached hydrogens (tertiary/aromatic N) is 2. The highest BCUT2D eigenvalue weighted by atomic mass is 32.1. The minimum Gasteiger partial charge on any atom is -0.497 e. The predicted molar refractivity (Wildman–Crippen MR) is 120 cm³/mol. The largest absolute Gasteiger partial charge is 0.497 e. The lowest BCUT2D eigenvalue weighted by atomic mass is 10.0. The zero-order valence-corrected chi connectivity index (χ0v) is 18.6. The van der Waals surface area contributed by atoms with E-state index in [1.807, 2.05) is 37.3 Å². The highest BCUT2D eigenvalue weighted by Crippen LogP contribution is 2.31. The van der Waals surface area contributed by atoms with Gasteiger partial charge in [0.05, 0.1) is 24.2 Å². The van der Waals surface area contributed by atoms with Crippen LogP contribution in [0.1, 0.15) is 39.0 Å². The zero-order valence-electron chi connectivity index (χ0n) is 17.8. The van der Waals surface area contributed by atoms with Gasteiger partial charge in [-0.3, -0.25) is 9.69 Å². The van der Waals surface area contributed by atoms with E-state index in [0.717, 1.165) is 45.5 Å². The van der Waals surface area contributed by atoms with Gasteiger partial charge in [0.15, 0.2) is 5.78 Å². The molecule has 0 atom stereocenters. The number of aromatic nitrogens is 1. The van der Waals surface area contributed by atoms with E-state index in [-0.39, 0.29) is 5.78 Å². The second-order valence-corrected chi connectivity index (χ2v) is 8.25. The summed E-state index contributed by atoms with van der Waals surface area (Å²) in [6.45, 7) is 10.1. The van der Waals surface area contributed by atoms with Gasteiger partial charge in [0, 0.05) is 12.1 Å². The molecular weight excluding hydrogens is 380 g/mol. The Labute approximate surface area is 177 Å². The Morgan fingerprint density at radius 2 is 1.83 bits per heavy atom. The van der Waals surface area contributed by atoms with E-state index in [4.69, 9.17) is 9.72 Å². The fourth-order valence-electron chi connectivity index (χ4n) is 3.30. The summed E-state index contributed by atoms with van der Waals surface area (Å²) in [6.07, 6.45) is 0. The molecule has 3 aromatic rings. The average molecular weight is 409 g/mol. The van der Waals surface area contributed by atoms with Crippen molar-refractivity contribution >= 4 is 17.1 Å². The summed E-state index contributed by atoms with van der Waals surface area (Å²) in [5.74, 6) is 0.971. The summed E-state index contributed by atoms with van der Waals surface area (Å²) >= 11 is 1.50. The Hall–Kier alpha value is -2.50. The lowest BCUT2D eigenvalue weighted by molar-refractivity contribution is 0.0933. The third-order valence-electron chi connectivity index (χ3n) is 5.26. The maximum atomic E-state index is 13.0. The maximum absolute atomic E-state index is 13.0. The molecule has 0 bridgehead atoms. The first-order chi connectivity index (χ1) is 13.9. The molecule has 1 heterocycles. The minimum absolute atomic E-state index is 0.131. The number of Topliss-reactive ketones (excluding diaryl/α,β-unsaturated/α-hetero) is 1. The summed E-state index contributed by atoms with van der Waals surface area (Å²) in [7, 11) is 1.66. The molecule has 3 rings (SSSR count). The smallest absolute Gasteiger partial charge is 0.188 e. The van der Waals surface area contributed by atoms with Crippen LogP contribution >= 0.6 is 11.3 Å². The summed E-state index contributed by atoms with van der Waals surface area (Å²) in [6, 6.07) is 14.2. The third-order valence-corrected chi connectivity index (χ3v) is 6.50. The van der Waals surface area contributed by atoms with Gasteiger partial charge in [0.2, 0.25) is 0 Å². The van der Waals surface area contributed by atoms with Gasteiger partial charge in [-0.05, 0) is 56.1 Å². The topological polar surface area (TPSA) is 42.4 Å². The molecule has 0 saturated carbocycles. The average Bonchev–Trinajstić information content (AvgIpc) is 3.11. The van der Waals surface area contributed by atoms with Crippen LogP contribution in [-0.4, -0.2) is 35.9 Å². The first-order valence-electron chi connectivity index (χ1n) is 9.85. The molecule has 0 aliphatic heterocycles. The van der Waals surface area contributed by atoms with Crippen molar-refractivity contribution in [2.45, 2.75) is 34.2 Å². The van der Waals surface area contributed by atoms with Crippen LogP contribution in [-0.2, 0) is 6.54 Å². The molecule has 4 nitrogen and oxygen atoms in total. The molecule has 2 aromatic carbocycles. The van der Waals surface area contributed by atoms with E-state index in [2.05, 4.69) is 37.8 Å². The van der Waals surface area contributed by atoms with Crippen molar-refractivity contribution in [3.05, 3.63) is 69.7 Å². The number of ketones is 1. The molecule has 5 heteroatoms. The molecular formula is C24H28N2O2S. The predicted octanol–water partition coefficient (Wildman–Crippen LogP) is 5.45. The van der Waals surface area contributed by atoms with Gasteiger partial charge in [-0.25, -0.2) is 4.98 Å². The molecule has 0 aliphatic rings. The van der Waals surface area contributed by atoms with Crippen molar-refractivity contribution in [1.29, 1.82) is 0 Å². The second kappa shape index (κ2) is 9.33. The van der Waals surface area contributed by atoms with Crippen molar-refractivity contribution in [3.8, 4) is 16.3 Å². The molecule has 0 unspecified atom stereocenters. The van der Waals surface area contributed by atoms with Gasteiger partial charge in [-0.2, -0.15) is 0 Å². The van der Waals surface area contributed by atoms with Crippen molar-refractivity contribution in [2.75, 3.05) is 20.2 Å². The van der Waals surface area contributed by atoms with Gasteiger partial charge in [0.25, 0.3) is 0 Å². The molecule has 1 aromatic heterocycles. The number of carbonyl (C=O) groups is 1. The first-order valence-corrected chi connectivity index (χ1v) is 10.7. The lowest BCUT2D eigenvalue weighted by Gasteiger charge is -2.19. The van der Waals surface area contributed by atoms with Crippen LogP contribution in [0.5, 0.6) is 5.75 Å². The standard InChI is InChI=1S/C24H28N2O2S/c1-6-26(14-19-10-12-20(28-5)13-11-19)15-22(27)23-18(4)25-24(29-23)21-9-7-8-16(2)17(21)3/h7-13H,6,14-15H2,1-5H3. The quantitative estimate of drug-likeness (QED) is 0.465. The fraction of sp³-hybridized carbons (Fsp3) is 0.333. The Balaban J connectivity index is 1.75. The third kappa shape index (κ3) is 4.92. The number of benzene rings is 2. The van der Waals surface area contributed by atoms with Crippen LogP contribution in [0.25, 0.3) is 10.6 Å². The molecule has 0 radical (unpaired) electrons. The number of rotatable bonds is 8. The van der Waals surface area contributed by atoms with Crippen LogP contribution < -0.4 is 4.74 Å². The number of likely N-dealkylation sites (N-methyl/N-ethyl adjacent to an activating group) is 1. The van der Waals surface area contributed by atoms with Crippen molar-refractivity contribution in [3.63, 3.8) is 0 Å². The zero-order chi connectivity index (χ0) is 21.0. The van der Waals surface area contributed by atoms with Gasteiger partial charge < -0.3 is 4.74 Å². The first kappa shape index (κ1) is 21.2. The maximum Gasteiger partial charge on any atom is 0.188 e. The number of thiazole rings is 1. The number of hydrogen-bond donors (Lipinski definition) is 0. The Kier molecular flexibility index (Phi) is 6.83. The molecule has 0 amide bonds. The monoisotopic (exact) mass is 408 g/mol. The van der Waals surface area contributed by atoms with E-state index in [1.165, 1.54) is 22.5 Å². The highest BCUT2D eigenvalue weighted by molar-refractivity contribution is 7.17. The summed E-state index contributed by atoms with van der Waals surface area (Å²) in [5, 5.41) is 0.922. The van der Waals surface area contributed by atoms with E-state index >= 15 is 0 Å². The van der Waals surface area contributed by atoms with Crippen LogP contribution in [0.15, 0.2) is 42.5 Å². The van der Waals surface area contributed by atoms with Gasteiger partial charge in [-0.15, -0.1) is 11.3 Å². The number of hydrogen-bond acceptors (Lipinski definition) is 5. The van der Waals surface area contributed by atoms with E-state index in [1.54, 1.807) is 7.11 Å². The second-order valence-electron chi connectivity index (χ2n) is 7.26. The molecule has 0 fully saturated rings. The molecule has 0 N–H and O–H groups in total. The van der Waals surface area contributed by atoms with Crippen LogP contribution in [0.4, 0.5) is 0 Å². The van der Waals surface area contributed by atoms with Crippen molar-refractivity contribution < 1.29 is 9.53 Å². The Morgan fingerprint density at radius 3 is 2.48 bits per heavy atom. The van der Waals surface area contributed by atoms with Crippen molar-refractivity contribution in [1.82, 2.24) is 9.88 Å². The number of aryl methyl sites for hydroxylation is 2. The molecule has 0 spiro atoms. The Morgan fingerprint density at radius 1 is 1.10 bits per heavy atom. The summed E-state index contributed by atoms with van der Waals surface area (Å²) in [5.41, 5.74) is 5.55. The highest BCUT2D eigenvalue weighted by Gasteiger charge is 2.19. The van der Waals surface area contributed by atoms with Crippen LogP contribution in [0.3, 0.4) is 0 Å².